The van der Waals surface area contributed by atoms with Gasteiger partial charge in [0.05, 0.1) is 6.54 Å². The number of nitrogens with two attached hydrogens (primary N) is 1. The number of hydrogen-bond donors (Lipinski definition) is 1. The molecule has 0 bridgehead atoms. The molecule has 120 valence electrons. The minimum absolute atomic E-state index is 0.0170. The highest BCUT2D eigenvalue weighted by molar-refractivity contribution is 5.96. The van der Waals surface area contributed by atoms with Crippen LogP contribution in [0.2, 0.25) is 0 Å². The van der Waals surface area contributed by atoms with Crippen LogP contribution in [0, 0.1) is 0 Å². The van der Waals surface area contributed by atoms with Crippen molar-refractivity contribution in [3.8, 4) is 11.1 Å². The molecule has 0 aliphatic heterocycles. The molecular formula is C19H22N2O2. The first-order chi connectivity index (χ1) is 11.0. The standard InChI is InChI=1S/C19H22N2O2/c1-3-18(22)16-9-7-15(8-10-16)17-6-4-5-14(11-17)13-21(2)19(23)12-20/h4-11H,3,12-13,20H2,1-2H3. The van der Waals surface area contributed by atoms with E-state index in [1.54, 1.807) is 11.9 Å². The molecule has 0 aromatic heterocycles. The molecule has 2 aromatic carbocycles. The van der Waals surface area contributed by atoms with Crippen molar-refractivity contribution in [2.45, 2.75) is 19.9 Å². The SMILES string of the molecule is CCC(=O)c1ccc(-c2cccc(CN(C)C(=O)CN)c2)cc1. The molecule has 23 heavy (non-hydrogen) atoms. The molecule has 0 radical (unpaired) electrons. The Morgan fingerprint density at radius 3 is 2.35 bits per heavy atom. The molecule has 0 saturated heterocycles. The third-order valence-corrected chi connectivity index (χ3v) is 3.81. The lowest BCUT2D eigenvalue weighted by molar-refractivity contribution is -0.128. The van der Waals surface area contributed by atoms with E-state index < -0.39 is 0 Å². The molecule has 0 aliphatic rings. The molecule has 4 nitrogen and oxygen atoms in total. The number of amides is 1. The monoisotopic (exact) mass is 310 g/mol. The van der Waals surface area contributed by atoms with Gasteiger partial charge in [-0.15, -0.1) is 0 Å². The zero-order valence-electron chi connectivity index (χ0n) is 13.6. The van der Waals surface area contributed by atoms with E-state index in [-0.39, 0.29) is 18.2 Å². The maximum atomic E-state index is 11.7. The lowest BCUT2D eigenvalue weighted by atomic mass is 10.00. The fraction of sp³-hybridized carbons (Fsp3) is 0.263. The molecule has 2 aromatic rings. The highest BCUT2D eigenvalue weighted by atomic mass is 16.2. The lowest BCUT2D eigenvalue weighted by Gasteiger charge is -2.16. The summed E-state index contributed by atoms with van der Waals surface area (Å²) >= 11 is 0. The first kappa shape index (κ1) is 16.9. The third kappa shape index (κ3) is 4.27. The Morgan fingerprint density at radius 2 is 1.74 bits per heavy atom. The summed E-state index contributed by atoms with van der Waals surface area (Å²) in [6.07, 6.45) is 0.510. The predicted octanol–water partition coefficient (Wildman–Crippen LogP) is 2.86. The summed E-state index contributed by atoms with van der Waals surface area (Å²) < 4.78 is 0. The van der Waals surface area contributed by atoms with Crippen molar-refractivity contribution >= 4 is 11.7 Å². The number of Topliss-reactive ketones (excluding diaryl/α,β-unsaturated/α-hetero) is 1. The number of rotatable bonds is 6. The maximum absolute atomic E-state index is 11.7. The van der Waals surface area contributed by atoms with Crippen molar-refractivity contribution in [2.24, 2.45) is 5.73 Å². The first-order valence-electron chi connectivity index (χ1n) is 7.71. The first-order valence-corrected chi connectivity index (χ1v) is 7.71. The molecule has 2 N–H and O–H groups in total. The van der Waals surface area contributed by atoms with Crippen molar-refractivity contribution in [3.63, 3.8) is 0 Å². The summed E-state index contributed by atoms with van der Waals surface area (Å²) in [4.78, 5) is 24.9. The number of carbonyl (C=O) groups is 2. The molecule has 0 unspecified atom stereocenters. The molecule has 2 rings (SSSR count). The highest BCUT2D eigenvalue weighted by Gasteiger charge is 2.08. The Balaban J connectivity index is 2.19. The van der Waals surface area contributed by atoms with Crippen molar-refractivity contribution in [1.82, 2.24) is 4.90 Å². The van der Waals surface area contributed by atoms with Crippen LogP contribution < -0.4 is 5.73 Å². The van der Waals surface area contributed by atoms with E-state index in [4.69, 9.17) is 5.73 Å². The van der Waals surface area contributed by atoms with Gasteiger partial charge in [0.15, 0.2) is 5.78 Å². The molecule has 0 spiro atoms. The Kier molecular flexibility index (Phi) is 5.66. The fourth-order valence-corrected chi connectivity index (χ4v) is 2.42. The van der Waals surface area contributed by atoms with E-state index in [0.717, 1.165) is 22.3 Å². The van der Waals surface area contributed by atoms with Crippen LogP contribution >= 0.6 is 0 Å². The van der Waals surface area contributed by atoms with Crippen LogP contribution in [0.5, 0.6) is 0 Å². The van der Waals surface area contributed by atoms with Crippen LogP contribution in [-0.2, 0) is 11.3 Å². The minimum atomic E-state index is -0.0853. The lowest BCUT2D eigenvalue weighted by Crippen LogP contribution is -2.32. The van der Waals surface area contributed by atoms with E-state index in [0.29, 0.717) is 13.0 Å². The largest absolute Gasteiger partial charge is 0.340 e. The second-order valence-electron chi connectivity index (χ2n) is 5.51. The zero-order chi connectivity index (χ0) is 16.8. The second kappa shape index (κ2) is 7.70. The normalized spacial score (nSPS) is 10.4. The van der Waals surface area contributed by atoms with E-state index in [2.05, 4.69) is 6.07 Å². The van der Waals surface area contributed by atoms with Gasteiger partial charge in [-0.25, -0.2) is 0 Å². The Morgan fingerprint density at radius 1 is 1.04 bits per heavy atom. The second-order valence-corrected chi connectivity index (χ2v) is 5.51. The summed E-state index contributed by atoms with van der Waals surface area (Å²) in [5.41, 5.74) is 9.27. The number of carbonyl (C=O) groups excluding carboxylic acids is 2. The molecule has 0 heterocycles. The van der Waals surface area contributed by atoms with Crippen LogP contribution in [0.3, 0.4) is 0 Å². The Bertz CT molecular complexity index is 693. The van der Waals surface area contributed by atoms with Gasteiger partial charge in [-0.3, -0.25) is 9.59 Å². The van der Waals surface area contributed by atoms with Crippen molar-refractivity contribution in [2.75, 3.05) is 13.6 Å². The van der Waals surface area contributed by atoms with Gasteiger partial charge in [0.1, 0.15) is 0 Å². The minimum Gasteiger partial charge on any atom is -0.340 e. The molecule has 4 heteroatoms. The van der Waals surface area contributed by atoms with Crippen LogP contribution in [-0.4, -0.2) is 30.2 Å². The number of likely N-dealkylation sites (N-methyl/N-ethyl adjacent to an activating group) is 1. The summed E-state index contributed by atoms with van der Waals surface area (Å²) in [7, 11) is 1.74. The third-order valence-electron chi connectivity index (χ3n) is 3.81. The number of ketones is 1. The van der Waals surface area contributed by atoms with Gasteiger partial charge in [0, 0.05) is 25.6 Å². The summed E-state index contributed by atoms with van der Waals surface area (Å²) in [5, 5.41) is 0. The predicted molar refractivity (Wildman–Crippen MR) is 92.0 cm³/mol. The number of hydrogen-bond acceptors (Lipinski definition) is 3. The molecular weight excluding hydrogens is 288 g/mol. The van der Waals surface area contributed by atoms with Crippen LogP contribution in [0.4, 0.5) is 0 Å². The summed E-state index contributed by atoms with van der Waals surface area (Å²) in [6, 6.07) is 15.7. The highest BCUT2D eigenvalue weighted by Crippen LogP contribution is 2.22. The molecule has 0 saturated carbocycles. The van der Waals surface area contributed by atoms with Gasteiger partial charge in [-0.2, -0.15) is 0 Å². The van der Waals surface area contributed by atoms with Crippen LogP contribution in [0.1, 0.15) is 29.3 Å². The summed E-state index contributed by atoms with van der Waals surface area (Å²) in [5.74, 6) is 0.0602. The van der Waals surface area contributed by atoms with Gasteiger partial charge in [-0.05, 0) is 22.8 Å². The van der Waals surface area contributed by atoms with Gasteiger partial charge < -0.3 is 10.6 Å². The zero-order valence-corrected chi connectivity index (χ0v) is 13.6. The molecule has 0 atom stereocenters. The quantitative estimate of drug-likeness (QED) is 0.834. The van der Waals surface area contributed by atoms with Gasteiger partial charge >= 0.3 is 0 Å². The maximum Gasteiger partial charge on any atom is 0.236 e. The van der Waals surface area contributed by atoms with E-state index in [9.17, 15) is 9.59 Å². The van der Waals surface area contributed by atoms with E-state index >= 15 is 0 Å². The Hall–Kier alpha value is -2.46. The average molecular weight is 310 g/mol. The number of benzene rings is 2. The van der Waals surface area contributed by atoms with Gasteiger partial charge in [-0.1, -0.05) is 49.4 Å². The van der Waals surface area contributed by atoms with E-state index in [1.807, 2.05) is 49.4 Å². The molecule has 1 amide bonds. The average Bonchev–Trinajstić information content (AvgIpc) is 2.60. The van der Waals surface area contributed by atoms with Crippen LogP contribution in [0.25, 0.3) is 11.1 Å². The topological polar surface area (TPSA) is 63.4 Å². The number of nitrogens with zero attached hydrogens (tertiary/aromatic N) is 1. The van der Waals surface area contributed by atoms with Crippen molar-refractivity contribution in [3.05, 3.63) is 59.7 Å². The van der Waals surface area contributed by atoms with Gasteiger partial charge in [0.2, 0.25) is 5.91 Å². The Labute approximate surface area is 136 Å². The smallest absolute Gasteiger partial charge is 0.236 e. The fourth-order valence-electron chi connectivity index (χ4n) is 2.42. The molecule has 0 aliphatic carbocycles. The van der Waals surface area contributed by atoms with Crippen molar-refractivity contribution in [1.29, 1.82) is 0 Å². The molecule has 0 fully saturated rings. The van der Waals surface area contributed by atoms with Crippen LogP contribution in [0.15, 0.2) is 48.5 Å². The van der Waals surface area contributed by atoms with Crippen molar-refractivity contribution < 1.29 is 9.59 Å². The summed E-state index contributed by atoms with van der Waals surface area (Å²) in [6.45, 7) is 2.40. The van der Waals surface area contributed by atoms with E-state index in [1.165, 1.54) is 0 Å². The van der Waals surface area contributed by atoms with Gasteiger partial charge in [0.25, 0.3) is 0 Å².